The summed E-state index contributed by atoms with van der Waals surface area (Å²) >= 11 is 0. The molecule has 3 N–H and O–H groups in total. The molecule has 1 atom stereocenters. The van der Waals surface area contributed by atoms with E-state index in [1.807, 2.05) is 12.1 Å². The maximum absolute atomic E-state index is 11.9. The number of nitrogens with two attached hydrogens (primary N) is 1. The number of amides is 2. The smallest absolute Gasteiger partial charge is 0.225 e. The molecule has 1 aliphatic rings. The Morgan fingerprint density at radius 1 is 1.47 bits per heavy atom. The summed E-state index contributed by atoms with van der Waals surface area (Å²) < 4.78 is 0. The standard InChI is InChI=1S/C13H18N4O2/c14-3-6-16-13(19)11-7-12(18)17(9-11)8-10-1-4-15-5-2-10/h1-2,4-5,11H,3,6-9,14H2,(H,16,19). The van der Waals surface area contributed by atoms with Crippen molar-refractivity contribution in [2.45, 2.75) is 13.0 Å². The fraction of sp³-hybridized carbons (Fsp3) is 0.462. The number of aromatic nitrogens is 1. The van der Waals surface area contributed by atoms with E-state index in [4.69, 9.17) is 5.73 Å². The summed E-state index contributed by atoms with van der Waals surface area (Å²) in [6.07, 6.45) is 3.67. The van der Waals surface area contributed by atoms with Crippen molar-refractivity contribution in [2.24, 2.45) is 11.7 Å². The zero-order valence-electron chi connectivity index (χ0n) is 10.7. The Kier molecular flexibility index (Phi) is 4.46. The summed E-state index contributed by atoms with van der Waals surface area (Å²) in [6.45, 7) is 1.86. The van der Waals surface area contributed by atoms with E-state index in [0.29, 0.717) is 26.2 Å². The first-order valence-corrected chi connectivity index (χ1v) is 6.35. The molecule has 1 saturated heterocycles. The molecule has 2 heterocycles. The van der Waals surface area contributed by atoms with E-state index in [1.165, 1.54) is 0 Å². The van der Waals surface area contributed by atoms with E-state index in [0.717, 1.165) is 5.56 Å². The number of nitrogens with one attached hydrogen (secondary N) is 1. The first-order chi connectivity index (χ1) is 9.20. The molecule has 0 bridgehead atoms. The van der Waals surface area contributed by atoms with E-state index in [2.05, 4.69) is 10.3 Å². The average molecular weight is 262 g/mol. The van der Waals surface area contributed by atoms with Crippen molar-refractivity contribution in [3.05, 3.63) is 30.1 Å². The van der Waals surface area contributed by atoms with Crippen LogP contribution < -0.4 is 11.1 Å². The summed E-state index contributed by atoms with van der Waals surface area (Å²) in [7, 11) is 0. The number of rotatable bonds is 5. The van der Waals surface area contributed by atoms with Crippen LogP contribution in [0, 0.1) is 5.92 Å². The van der Waals surface area contributed by atoms with Crippen LogP contribution in [0.5, 0.6) is 0 Å². The Hall–Kier alpha value is -1.95. The summed E-state index contributed by atoms with van der Waals surface area (Å²) in [6, 6.07) is 3.74. The third kappa shape index (κ3) is 3.51. The molecule has 0 aliphatic carbocycles. The van der Waals surface area contributed by atoms with Crippen molar-refractivity contribution in [3.8, 4) is 0 Å². The normalized spacial score (nSPS) is 18.7. The second kappa shape index (κ2) is 6.29. The van der Waals surface area contributed by atoms with Crippen molar-refractivity contribution in [2.75, 3.05) is 19.6 Å². The molecule has 1 aliphatic heterocycles. The topological polar surface area (TPSA) is 88.3 Å². The second-order valence-electron chi connectivity index (χ2n) is 4.61. The van der Waals surface area contributed by atoms with Gasteiger partial charge in [0.25, 0.3) is 0 Å². The van der Waals surface area contributed by atoms with Gasteiger partial charge in [-0.05, 0) is 17.7 Å². The predicted molar refractivity (Wildman–Crippen MR) is 69.8 cm³/mol. The van der Waals surface area contributed by atoms with Gasteiger partial charge in [0.1, 0.15) is 0 Å². The summed E-state index contributed by atoms with van der Waals surface area (Å²) in [5, 5.41) is 2.73. The molecule has 0 aromatic carbocycles. The van der Waals surface area contributed by atoms with Gasteiger partial charge in [0.2, 0.25) is 11.8 Å². The molecule has 2 rings (SSSR count). The largest absolute Gasteiger partial charge is 0.355 e. The minimum atomic E-state index is -0.263. The van der Waals surface area contributed by atoms with Crippen molar-refractivity contribution in [3.63, 3.8) is 0 Å². The number of hydrogen-bond acceptors (Lipinski definition) is 4. The van der Waals surface area contributed by atoms with E-state index < -0.39 is 0 Å². The lowest BCUT2D eigenvalue weighted by atomic mass is 10.1. The Morgan fingerprint density at radius 3 is 2.89 bits per heavy atom. The third-order valence-electron chi connectivity index (χ3n) is 3.15. The molecule has 0 spiro atoms. The molecule has 1 unspecified atom stereocenters. The SMILES string of the molecule is NCCNC(=O)C1CC(=O)N(Cc2ccncc2)C1. The minimum absolute atomic E-state index is 0.0183. The molecule has 1 aromatic rings. The molecule has 6 nitrogen and oxygen atoms in total. The van der Waals surface area contributed by atoms with Crippen LogP contribution >= 0.6 is 0 Å². The number of carbonyl (C=O) groups is 2. The van der Waals surface area contributed by atoms with Crippen molar-refractivity contribution in [1.82, 2.24) is 15.2 Å². The van der Waals surface area contributed by atoms with Crippen LogP contribution in [0.3, 0.4) is 0 Å². The van der Waals surface area contributed by atoms with Crippen LogP contribution in [0.4, 0.5) is 0 Å². The van der Waals surface area contributed by atoms with Crippen molar-refractivity contribution >= 4 is 11.8 Å². The molecule has 1 aromatic heterocycles. The van der Waals surface area contributed by atoms with Gasteiger partial charge in [-0.2, -0.15) is 0 Å². The van der Waals surface area contributed by atoms with Gasteiger partial charge in [0.05, 0.1) is 5.92 Å². The second-order valence-corrected chi connectivity index (χ2v) is 4.61. The van der Waals surface area contributed by atoms with Crippen LogP contribution in [0.2, 0.25) is 0 Å². The molecule has 1 fully saturated rings. The molecular formula is C13H18N4O2. The van der Waals surface area contributed by atoms with Gasteiger partial charge >= 0.3 is 0 Å². The van der Waals surface area contributed by atoms with Crippen LogP contribution in [0.15, 0.2) is 24.5 Å². The van der Waals surface area contributed by atoms with E-state index in [1.54, 1.807) is 17.3 Å². The van der Waals surface area contributed by atoms with Gasteiger partial charge in [0, 0.05) is 45.0 Å². The number of pyridine rings is 1. The van der Waals surface area contributed by atoms with Gasteiger partial charge in [0.15, 0.2) is 0 Å². The number of nitrogens with zero attached hydrogens (tertiary/aromatic N) is 2. The highest BCUT2D eigenvalue weighted by atomic mass is 16.2. The van der Waals surface area contributed by atoms with Gasteiger partial charge in [-0.3, -0.25) is 14.6 Å². The Labute approximate surface area is 112 Å². The van der Waals surface area contributed by atoms with E-state index >= 15 is 0 Å². The molecule has 19 heavy (non-hydrogen) atoms. The predicted octanol–water partition coefficient (Wildman–Crippen LogP) is -0.495. The maximum Gasteiger partial charge on any atom is 0.225 e. The quantitative estimate of drug-likeness (QED) is 0.749. The molecule has 102 valence electrons. The summed E-state index contributed by atoms with van der Waals surface area (Å²) in [5.41, 5.74) is 6.35. The molecule has 6 heteroatoms. The fourth-order valence-corrected chi connectivity index (χ4v) is 2.15. The average Bonchev–Trinajstić information content (AvgIpc) is 2.79. The zero-order valence-corrected chi connectivity index (χ0v) is 10.7. The number of carbonyl (C=O) groups excluding carboxylic acids is 2. The van der Waals surface area contributed by atoms with Gasteiger partial charge in [-0.25, -0.2) is 0 Å². The highest BCUT2D eigenvalue weighted by Crippen LogP contribution is 2.20. The lowest BCUT2D eigenvalue weighted by Gasteiger charge is -2.16. The Morgan fingerprint density at radius 2 is 2.21 bits per heavy atom. The highest BCUT2D eigenvalue weighted by molar-refractivity contribution is 5.89. The highest BCUT2D eigenvalue weighted by Gasteiger charge is 2.33. The Balaban J connectivity index is 1.91. The molecule has 0 saturated carbocycles. The third-order valence-corrected chi connectivity index (χ3v) is 3.15. The van der Waals surface area contributed by atoms with Gasteiger partial charge in [-0.1, -0.05) is 0 Å². The number of hydrogen-bond donors (Lipinski definition) is 2. The van der Waals surface area contributed by atoms with Gasteiger partial charge < -0.3 is 16.0 Å². The first kappa shape index (κ1) is 13.5. The zero-order chi connectivity index (χ0) is 13.7. The molecule has 2 amide bonds. The summed E-state index contributed by atoms with van der Waals surface area (Å²) in [5.74, 6) is -0.332. The van der Waals surface area contributed by atoms with Gasteiger partial charge in [-0.15, -0.1) is 0 Å². The van der Waals surface area contributed by atoms with E-state index in [9.17, 15) is 9.59 Å². The van der Waals surface area contributed by atoms with Crippen LogP contribution in [0.1, 0.15) is 12.0 Å². The van der Waals surface area contributed by atoms with Crippen LogP contribution in [-0.4, -0.2) is 41.3 Å². The Bertz CT molecular complexity index is 449. The molecule has 0 radical (unpaired) electrons. The summed E-state index contributed by atoms with van der Waals surface area (Å²) in [4.78, 5) is 29.3. The number of likely N-dealkylation sites (tertiary alicyclic amines) is 1. The lowest BCUT2D eigenvalue weighted by Crippen LogP contribution is -2.35. The fourth-order valence-electron chi connectivity index (χ4n) is 2.15. The van der Waals surface area contributed by atoms with Crippen molar-refractivity contribution < 1.29 is 9.59 Å². The van der Waals surface area contributed by atoms with Crippen molar-refractivity contribution in [1.29, 1.82) is 0 Å². The van der Waals surface area contributed by atoms with Crippen LogP contribution in [0.25, 0.3) is 0 Å². The maximum atomic E-state index is 11.9. The monoisotopic (exact) mass is 262 g/mol. The molecular weight excluding hydrogens is 244 g/mol. The van der Waals surface area contributed by atoms with Crippen LogP contribution in [-0.2, 0) is 16.1 Å². The lowest BCUT2D eigenvalue weighted by molar-refractivity contribution is -0.129. The first-order valence-electron chi connectivity index (χ1n) is 6.35. The van der Waals surface area contributed by atoms with E-state index in [-0.39, 0.29) is 24.2 Å². The minimum Gasteiger partial charge on any atom is -0.355 e.